The first-order chi connectivity index (χ1) is 7.56. The topological polar surface area (TPSA) is 77.8 Å². The summed E-state index contributed by atoms with van der Waals surface area (Å²) in [5, 5.41) is 26.3. The molecule has 1 aromatic rings. The molecule has 0 heterocycles. The highest BCUT2D eigenvalue weighted by Crippen LogP contribution is 2.09. The summed E-state index contributed by atoms with van der Waals surface area (Å²) in [7, 11) is -1.73. The van der Waals surface area contributed by atoms with Gasteiger partial charge in [0.2, 0.25) is 0 Å². The predicted molar refractivity (Wildman–Crippen MR) is 56.9 cm³/mol. The molecule has 0 radical (unpaired) electrons. The van der Waals surface area contributed by atoms with E-state index in [0.29, 0.717) is 0 Å². The number of ketones is 1. The lowest BCUT2D eigenvalue weighted by Gasteiger charge is -2.05. The van der Waals surface area contributed by atoms with Crippen LogP contribution in [0.2, 0.25) is 0 Å². The van der Waals surface area contributed by atoms with Crippen molar-refractivity contribution < 1.29 is 24.3 Å². The molecule has 86 valence electrons. The van der Waals surface area contributed by atoms with Crippen molar-refractivity contribution in [1.82, 2.24) is 0 Å². The third-order valence-electron chi connectivity index (χ3n) is 2.15. The Balaban J connectivity index is 2.93. The quantitative estimate of drug-likeness (QED) is 0.465. The monoisotopic (exact) mass is 226 g/mol. The van der Waals surface area contributed by atoms with E-state index in [1.165, 1.54) is 6.07 Å². The number of carbonyl (C=O) groups is 1. The van der Waals surface area contributed by atoms with Crippen LogP contribution >= 0.6 is 0 Å². The normalized spacial score (nSPS) is 10.2. The maximum atomic E-state index is 13.3. The van der Waals surface area contributed by atoms with E-state index in [-0.39, 0.29) is 30.5 Å². The number of hydrogen-bond acceptors (Lipinski definition) is 4. The van der Waals surface area contributed by atoms with E-state index in [0.717, 1.165) is 12.1 Å². The lowest BCUT2D eigenvalue weighted by Crippen LogP contribution is -2.30. The Bertz CT molecular complexity index is 381. The molecule has 3 N–H and O–H groups in total. The summed E-state index contributed by atoms with van der Waals surface area (Å²) in [6.07, 6.45) is 0.280. The molecule has 0 saturated carbocycles. The van der Waals surface area contributed by atoms with Gasteiger partial charge in [0.1, 0.15) is 5.82 Å². The highest BCUT2D eigenvalue weighted by Gasteiger charge is 2.17. The molecule has 0 saturated heterocycles. The summed E-state index contributed by atoms with van der Waals surface area (Å²) in [6.45, 7) is -0.143. The van der Waals surface area contributed by atoms with Crippen LogP contribution in [0.4, 0.5) is 4.39 Å². The summed E-state index contributed by atoms with van der Waals surface area (Å²) < 4.78 is 13.3. The van der Waals surface area contributed by atoms with Gasteiger partial charge in [-0.15, -0.1) is 0 Å². The smallest absolute Gasteiger partial charge is 0.423 e. The number of benzene rings is 1. The van der Waals surface area contributed by atoms with E-state index in [1.807, 2.05) is 0 Å². The van der Waals surface area contributed by atoms with Gasteiger partial charge in [0.15, 0.2) is 5.78 Å². The van der Waals surface area contributed by atoms with Crippen molar-refractivity contribution >= 4 is 18.4 Å². The fourth-order valence-electron chi connectivity index (χ4n) is 1.29. The number of aliphatic hydroxyl groups is 1. The number of Topliss-reactive ketones (excluding diaryl/α,β-unsaturated/α-hetero) is 1. The van der Waals surface area contributed by atoms with Gasteiger partial charge in [0.25, 0.3) is 0 Å². The zero-order valence-electron chi connectivity index (χ0n) is 8.56. The highest BCUT2D eigenvalue weighted by atomic mass is 19.1. The number of hydrogen-bond donors (Lipinski definition) is 3. The van der Waals surface area contributed by atoms with E-state index in [1.54, 1.807) is 0 Å². The van der Waals surface area contributed by atoms with Gasteiger partial charge in [0, 0.05) is 13.0 Å². The lowest BCUT2D eigenvalue weighted by molar-refractivity contribution is 0.0967. The highest BCUT2D eigenvalue weighted by molar-refractivity contribution is 6.58. The third-order valence-corrected chi connectivity index (χ3v) is 2.15. The van der Waals surface area contributed by atoms with Crippen LogP contribution < -0.4 is 5.46 Å². The molecule has 0 fully saturated rings. The molecular weight excluding hydrogens is 214 g/mol. The number of halogens is 1. The summed E-state index contributed by atoms with van der Waals surface area (Å²) in [4.78, 5) is 11.5. The van der Waals surface area contributed by atoms with Crippen molar-refractivity contribution in [3.63, 3.8) is 0 Å². The van der Waals surface area contributed by atoms with Crippen LogP contribution in [-0.2, 0) is 0 Å². The van der Waals surface area contributed by atoms with Gasteiger partial charge in [-0.05, 0) is 24.0 Å². The number of aliphatic hydroxyl groups excluding tert-OH is 1. The molecule has 16 heavy (non-hydrogen) atoms. The third kappa shape index (κ3) is 3.13. The first kappa shape index (κ1) is 12.8. The molecule has 0 spiro atoms. The molecule has 6 heteroatoms. The average Bonchev–Trinajstić information content (AvgIpc) is 2.26. The predicted octanol–water partition coefficient (Wildman–Crippen LogP) is -0.539. The van der Waals surface area contributed by atoms with Crippen molar-refractivity contribution in [1.29, 1.82) is 0 Å². The number of carbonyl (C=O) groups excluding carboxylic acids is 1. The van der Waals surface area contributed by atoms with Crippen LogP contribution in [0.25, 0.3) is 0 Å². The Kier molecular flexibility index (Phi) is 4.60. The van der Waals surface area contributed by atoms with E-state index < -0.39 is 18.7 Å². The summed E-state index contributed by atoms with van der Waals surface area (Å²) >= 11 is 0. The minimum absolute atomic E-state index is 0.0262. The van der Waals surface area contributed by atoms with Gasteiger partial charge in [-0.25, -0.2) is 4.39 Å². The summed E-state index contributed by atoms with van der Waals surface area (Å²) in [5.41, 5.74) is -0.118. The molecule has 0 aliphatic carbocycles. The summed E-state index contributed by atoms with van der Waals surface area (Å²) in [6, 6.07) is 3.32. The molecule has 0 aliphatic heterocycles. The minimum Gasteiger partial charge on any atom is -0.423 e. The van der Waals surface area contributed by atoms with E-state index >= 15 is 0 Å². The van der Waals surface area contributed by atoms with Crippen LogP contribution in [0.5, 0.6) is 0 Å². The molecule has 0 amide bonds. The maximum Gasteiger partial charge on any atom is 0.488 e. The molecule has 1 aromatic carbocycles. The lowest BCUT2D eigenvalue weighted by atomic mass is 9.79. The Hall–Kier alpha value is -1.24. The summed E-state index contributed by atoms with van der Waals surface area (Å²) in [5.74, 6) is -1.17. The van der Waals surface area contributed by atoms with Crippen LogP contribution in [0, 0.1) is 5.82 Å². The van der Waals surface area contributed by atoms with E-state index in [4.69, 9.17) is 15.2 Å². The molecule has 0 aromatic heterocycles. The minimum atomic E-state index is -1.73. The van der Waals surface area contributed by atoms with Crippen molar-refractivity contribution in [3.05, 3.63) is 29.6 Å². The van der Waals surface area contributed by atoms with Crippen molar-refractivity contribution in [2.45, 2.75) is 12.8 Å². The molecular formula is C10H12BFO4. The van der Waals surface area contributed by atoms with Crippen molar-refractivity contribution in [2.75, 3.05) is 6.61 Å². The zero-order chi connectivity index (χ0) is 12.1. The Morgan fingerprint density at radius 3 is 2.62 bits per heavy atom. The molecule has 0 atom stereocenters. The van der Waals surface area contributed by atoms with Crippen LogP contribution in [-0.4, -0.2) is 34.7 Å². The molecule has 0 aliphatic rings. The second-order valence-corrected chi connectivity index (χ2v) is 3.36. The average molecular weight is 226 g/mol. The molecule has 1 rings (SSSR count). The van der Waals surface area contributed by atoms with Crippen molar-refractivity contribution in [3.8, 4) is 0 Å². The molecule has 0 unspecified atom stereocenters. The standard InChI is InChI=1S/C10H12BFO4/c12-9-4-3-7(11(15)16)6-8(9)10(14)2-1-5-13/h3-4,6,13,15-16H,1-2,5H2. The SMILES string of the molecule is O=C(CCCO)c1cc(B(O)O)ccc1F. The first-order valence-corrected chi connectivity index (χ1v) is 4.86. The second-order valence-electron chi connectivity index (χ2n) is 3.36. The van der Waals surface area contributed by atoms with Crippen LogP contribution in [0.1, 0.15) is 23.2 Å². The van der Waals surface area contributed by atoms with E-state index in [2.05, 4.69) is 0 Å². The van der Waals surface area contributed by atoms with Gasteiger partial charge in [-0.2, -0.15) is 0 Å². The van der Waals surface area contributed by atoms with E-state index in [9.17, 15) is 9.18 Å². The van der Waals surface area contributed by atoms with Crippen LogP contribution in [0.3, 0.4) is 0 Å². The molecule has 4 nitrogen and oxygen atoms in total. The maximum absolute atomic E-state index is 13.3. The Morgan fingerprint density at radius 2 is 2.06 bits per heavy atom. The Morgan fingerprint density at radius 1 is 1.38 bits per heavy atom. The second kappa shape index (κ2) is 5.74. The fraction of sp³-hybridized carbons (Fsp3) is 0.300. The fourth-order valence-corrected chi connectivity index (χ4v) is 1.29. The zero-order valence-corrected chi connectivity index (χ0v) is 8.56. The Labute approximate surface area is 92.5 Å². The van der Waals surface area contributed by atoms with Gasteiger partial charge in [-0.3, -0.25) is 4.79 Å². The van der Waals surface area contributed by atoms with Gasteiger partial charge in [-0.1, -0.05) is 6.07 Å². The largest absolute Gasteiger partial charge is 0.488 e. The molecule has 0 bridgehead atoms. The first-order valence-electron chi connectivity index (χ1n) is 4.86. The van der Waals surface area contributed by atoms with Crippen molar-refractivity contribution in [2.24, 2.45) is 0 Å². The van der Waals surface area contributed by atoms with Crippen LogP contribution in [0.15, 0.2) is 18.2 Å². The van der Waals surface area contributed by atoms with Gasteiger partial charge in [0.05, 0.1) is 5.56 Å². The van der Waals surface area contributed by atoms with Gasteiger partial charge < -0.3 is 15.2 Å². The number of rotatable bonds is 5. The van der Waals surface area contributed by atoms with Gasteiger partial charge >= 0.3 is 7.12 Å².